The zero-order chi connectivity index (χ0) is 21.4. The van der Waals surface area contributed by atoms with Crippen LogP contribution in [-0.2, 0) is 12.1 Å². The lowest BCUT2D eigenvalue weighted by Gasteiger charge is -2.46. The summed E-state index contributed by atoms with van der Waals surface area (Å²) < 4.78 is 20.7. The molecule has 2 aromatic carbocycles. The van der Waals surface area contributed by atoms with Gasteiger partial charge in [0.2, 0.25) is 0 Å². The molecule has 0 bridgehead atoms. The molecule has 2 aliphatic heterocycles. The second kappa shape index (κ2) is 7.65. The van der Waals surface area contributed by atoms with E-state index in [2.05, 4.69) is 39.6 Å². The summed E-state index contributed by atoms with van der Waals surface area (Å²) in [5.41, 5.74) is 4.01. The smallest absolute Gasteiger partial charge is 0.317 e. The molecule has 0 radical (unpaired) electrons. The first-order valence-electron chi connectivity index (χ1n) is 10.5. The number of nitrogens with zero attached hydrogens (tertiary/aromatic N) is 2. The molecule has 6 nitrogen and oxygen atoms in total. The Labute approximate surface area is 180 Å². The summed E-state index contributed by atoms with van der Waals surface area (Å²) in [7, 11) is 1.67. The van der Waals surface area contributed by atoms with Crippen molar-refractivity contribution in [2.75, 3.05) is 25.5 Å². The summed E-state index contributed by atoms with van der Waals surface area (Å²) in [5.74, 6) is 0.537. The molecule has 1 saturated heterocycles. The van der Waals surface area contributed by atoms with E-state index in [-0.39, 0.29) is 17.4 Å². The molecular weight excluding hydrogens is 395 g/mol. The van der Waals surface area contributed by atoms with Crippen LogP contribution in [0.1, 0.15) is 24.1 Å². The van der Waals surface area contributed by atoms with E-state index in [0.717, 1.165) is 35.5 Å². The molecule has 2 aliphatic rings. The van der Waals surface area contributed by atoms with Gasteiger partial charge in [0.25, 0.3) is 0 Å². The third-order valence-electron chi connectivity index (χ3n) is 6.34. The largest absolute Gasteiger partial charge is 0.497 e. The number of rotatable bonds is 3. The Bertz CT molecular complexity index is 1100. The topological polar surface area (TPSA) is 58.5 Å². The number of hydrogen-bond donors (Lipinski definition) is 2. The van der Waals surface area contributed by atoms with Gasteiger partial charge in [-0.15, -0.1) is 0 Å². The molecule has 0 atom stereocenters. The van der Waals surface area contributed by atoms with Crippen LogP contribution in [0.2, 0.25) is 0 Å². The van der Waals surface area contributed by atoms with Crippen LogP contribution in [0.3, 0.4) is 0 Å². The van der Waals surface area contributed by atoms with E-state index in [4.69, 9.17) is 4.74 Å². The number of urea groups is 1. The van der Waals surface area contributed by atoms with Crippen molar-refractivity contribution in [2.45, 2.75) is 24.9 Å². The normalized spacial score (nSPS) is 16.3. The lowest BCUT2D eigenvalue weighted by Crippen LogP contribution is -2.52. The lowest BCUT2D eigenvalue weighted by atomic mass is 9.82. The molecule has 0 aliphatic carbocycles. The fraction of sp³-hybridized carbons (Fsp3) is 0.292. The minimum atomic E-state index is -0.277. The fourth-order valence-electron chi connectivity index (χ4n) is 4.62. The first-order valence-corrected chi connectivity index (χ1v) is 10.5. The van der Waals surface area contributed by atoms with Crippen molar-refractivity contribution >= 4 is 11.7 Å². The third-order valence-corrected chi connectivity index (χ3v) is 6.34. The maximum Gasteiger partial charge on any atom is 0.317 e. The lowest BCUT2D eigenvalue weighted by molar-refractivity contribution is 0.162. The molecule has 0 unspecified atom stereocenters. The molecule has 1 fully saturated rings. The van der Waals surface area contributed by atoms with Crippen LogP contribution >= 0.6 is 0 Å². The Balaban J connectivity index is 1.29. The minimum absolute atomic E-state index is 0.0903. The summed E-state index contributed by atoms with van der Waals surface area (Å²) in [6, 6.07) is 16.4. The van der Waals surface area contributed by atoms with Gasteiger partial charge in [-0.25, -0.2) is 9.18 Å². The number of anilines is 1. The number of likely N-dealkylation sites (tertiary alicyclic amines) is 1. The van der Waals surface area contributed by atoms with Gasteiger partial charge in [-0.1, -0.05) is 12.1 Å². The molecule has 3 aromatic rings. The number of piperidine rings is 1. The number of aromatic nitrogens is 1. The van der Waals surface area contributed by atoms with E-state index in [1.165, 1.54) is 17.8 Å². The van der Waals surface area contributed by atoms with E-state index < -0.39 is 0 Å². The number of nitrogens with one attached hydrogen (secondary N) is 2. The Morgan fingerprint density at radius 3 is 2.68 bits per heavy atom. The van der Waals surface area contributed by atoms with Gasteiger partial charge in [0.1, 0.15) is 11.6 Å². The number of fused-ring (bicyclic) bond motifs is 4. The number of carbonyl (C=O) groups excluding carboxylic acids is 1. The van der Waals surface area contributed by atoms with Crippen molar-refractivity contribution in [1.82, 2.24) is 14.8 Å². The van der Waals surface area contributed by atoms with Gasteiger partial charge in [-0.05, 0) is 54.8 Å². The number of hydrogen-bond acceptors (Lipinski definition) is 3. The van der Waals surface area contributed by atoms with Gasteiger partial charge in [-0.3, -0.25) is 0 Å². The average molecular weight is 420 g/mol. The molecule has 5 rings (SSSR count). The van der Waals surface area contributed by atoms with Gasteiger partial charge < -0.3 is 24.8 Å². The monoisotopic (exact) mass is 420 g/mol. The van der Waals surface area contributed by atoms with Crippen LogP contribution in [-0.4, -0.2) is 35.7 Å². The molecule has 2 amide bonds. The highest BCUT2D eigenvalue weighted by molar-refractivity contribution is 5.75. The maximum absolute atomic E-state index is 13.1. The first-order chi connectivity index (χ1) is 15.1. The Morgan fingerprint density at radius 1 is 1.16 bits per heavy atom. The van der Waals surface area contributed by atoms with Crippen molar-refractivity contribution in [3.63, 3.8) is 0 Å². The summed E-state index contributed by atoms with van der Waals surface area (Å²) in [5, 5.41) is 6.70. The van der Waals surface area contributed by atoms with Crippen LogP contribution < -0.4 is 15.4 Å². The van der Waals surface area contributed by atoms with Crippen molar-refractivity contribution in [3.8, 4) is 11.4 Å². The van der Waals surface area contributed by atoms with Crippen LogP contribution in [0.5, 0.6) is 5.75 Å². The number of benzene rings is 2. The van der Waals surface area contributed by atoms with Crippen molar-refractivity contribution < 1.29 is 13.9 Å². The second-order valence-electron chi connectivity index (χ2n) is 8.13. The molecule has 31 heavy (non-hydrogen) atoms. The Hall–Kier alpha value is -3.48. The zero-order valence-corrected chi connectivity index (χ0v) is 17.4. The van der Waals surface area contributed by atoms with E-state index in [1.807, 2.05) is 17.0 Å². The highest BCUT2D eigenvalue weighted by Crippen LogP contribution is 2.44. The molecule has 0 saturated carbocycles. The summed E-state index contributed by atoms with van der Waals surface area (Å²) in [6.07, 6.45) is 3.69. The number of ether oxygens (including phenoxy) is 1. The van der Waals surface area contributed by atoms with Crippen LogP contribution in [0.25, 0.3) is 5.69 Å². The molecule has 1 aromatic heterocycles. The summed E-state index contributed by atoms with van der Waals surface area (Å²) in [4.78, 5) is 14.5. The van der Waals surface area contributed by atoms with Gasteiger partial charge in [-0.2, -0.15) is 0 Å². The van der Waals surface area contributed by atoms with E-state index >= 15 is 0 Å². The molecule has 1 spiro atoms. The number of amides is 2. The minimum Gasteiger partial charge on any atom is -0.497 e. The highest BCUT2D eigenvalue weighted by Gasteiger charge is 2.42. The average Bonchev–Trinajstić information content (AvgIpc) is 3.30. The van der Waals surface area contributed by atoms with Crippen LogP contribution in [0.4, 0.5) is 14.9 Å². The van der Waals surface area contributed by atoms with Gasteiger partial charge >= 0.3 is 6.03 Å². The molecule has 2 N–H and O–H groups in total. The summed E-state index contributed by atoms with van der Waals surface area (Å²) >= 11 is 0. The quantitative estimate of drug-likeness (QED) is 0.666. The Kier molecular flexibility index (Phi) is 4.81. The number of methoxy groups -OCH3 is 1. The first kappa shape index (κ1) is 19.5. The fourth-order valence-corrected chi connectivity index (χ4v) is 4.62. The number of carbonyl (C=O) groups is 1. The van der Waals surface area contributed by atoms with Crippen LogP contribution in [0, 0.1) is 5.82 Å². The Morgan fingerprint density at radius 2 is 1.94 bits per heavy atom. The van der Waals surface area contributed by atoms with Crippen molar-refractivity contribution in [3.05, 3.63) is 77.9 Å². The molecular formula is C24H25FN4O2. The van der Waals surface area contributed by atoms with Crippen molar-refractivity contribution in [1.29, 1.82) is 0 Å². The standard InChI is InChI=1S/C24H25FN4O2/c1-31-19-8-9-21-20(15-19)27-24(22-3-2-12-29(21)22)10-13-28(14-11-24)23(30)26-16-17-4-6-18(25)7-5-17/h2-9,12,15,27H,10-11,13-14,16H2,1H3,(H,26,30). The second-order valence-corrected chi connectivity index (χ2v) is 8.13. The highest BCUT2D eigenvalue weighted by atomic mass is 19.1. The number of halogens is 1. The third kappa shape index (κ3) is 3.50. The predicted molar refractivity (Wildman–Crippen MR) is 117 cm³/mol. The van der Waals surface area contributed by atoms with E-state index in [1.54, 1.807) is 19.2 Å². The van der Waals surface area contributed by atoms with E-state index in [0.29, 0.717) is 19.6 Å². The molecule has 160 valence electrons. The van der Waals surface area contributed by atoms with Crippen LogP contribution in [0.15, 0.2) is 60.8 Å². The van der Waals surface area contributed by atoms with Gasteiger partial charge in [0.15, 0.2) is 0 Å². The van der Waals surface area contributed by atoms with Gasteiger partial charge in [0.05, 0.1) is 24.0 Å². The molecule has 3 heterocycles. The van der Waals surface area contributed by atoms with Gasteiger partial charge in [0, 0.05) is 37.6 Å². The predicted octanol–water partition coefficient (Wildman–Crippen LogP) is 4.25. The molecule has 7 heteroatoms. The summed E-state index contributed by atoms with van der Waals surface area (Å²) in [6.45, 7) is 1.68. The van der Waals surface area contributed by atoms with Crippen molar-refractivity contribution in [2.24, 2.45) is 0 Å². The van der Waals surface area contributed by atoms with E-state index in [9.17, 15) is 9.18 Å². The zero-order valence-electron chi connectivity index (χ0n) is 17.4. The SMILES string of the molecule is COc1ccc2c(c1)NC1(CCN(C(=O)NCc3ccc(F)cc3)CC1)c1cccn1-2. The maximum atomic E-state index is 13.1.